The Morgan fingerprint density at radius 1 is 1.29 bits per heavy atom. The third-order valence-electron chi connectivity index (χ3n) is 2.82. The van der Waals surface area contributed by atoms with Crippen LogP contribution >= 0.6 is 0 Å². The van der Waals surface area contributed by atoms with Crippen LogP contribution in [0, 0.1) is 5.41 Å². The second-order valence-electron chi connectivity index (χ2n) is 3.97. The smallest absolute Gasteiger partial charge is 0.325 e. The van der Waals surface area contributed by atoms with E-state index in [1.807, 2.05) is 0 Å². The van der Waals surface area contributed by atoms with Gasteiger partial charge in [-0.05, 0) is 20.8 Å². The van der Waals surface area contributed by atoms with Crippen molar-refractivity contribution in [3.8, 4) is 0 Å². The molecule has 1 saturated heterocycles. The molecule has 0 aliphatic carbocycles. The van der Waals surface area contributed by atoms with E-state index in [-0.39, 0.29) is 25.5 Å². The lowest BCUT2D eigenvalue weighted by molar-refractivity contribution is -0.175. The van der Waals surface area contributed by atoms with Crippen molar-refractivity contribution in [1.82, 2.24) is 5.32 Å². The molecular weight excluding hydrogens is 226 g/mol. The van der Waals surface area contributed by atoms with Gasteiger partial charge in [-0.1, -0.05) is 0 Å². The van der Waals surface area contributed by atoms with Gasteiger partial charge in [0, 0.05) is 6.42 Å². The Morgan fingerprint density at radius 2 is 1.71 bits per heavy atom. The second kappa shape index (κ2) is 5.16. The van der Waals surface area contributed by atoms with Crippen molar-refractivity contribution in [2.24, 2.45) is 5.41 Å². The van der Waals surface area contributed by atoms with Crippen LogP contribution in [0.1, 0.15) is 27.2 Å². The summed E-state index contributed by atoms with van der Waals surface area (Å²) in [6.45, 7) is 5.10. The van der Waals surface area contributed by atoms with Crippen LogP contribution < -0.4 is 5.32 Å². The van der Waals surface area contributed by atoms with Crippen molar-refractivity contribution >= 4 is 17.8 Å². The molecule has 17 heavy (non-hydrogen) atoms. The molecule has 0 aromatic carbocycles. The van der Waals surface area contributed by atoms with Gasteiger partial charge < -0.3 is 14.8 Å². The number of hydrogen-bond acceptors (Lipinski definition) is 5. The minimum Gasteiger partial charge on any atom is -0.465 e. The highest BCUT2D eigenvalue weighted by Crippen LogP contribution is 2.31. The summed E-state index contributed by atoms with van der Waals surface area (Å²) >= 11 is 0. The Kier molecular flexibility index (Phi) is 4.09. The molecule has 1 atom stereocenters. The van der Waals surface area contributed by atoms with Gasteiger partial charge in [0.2, 0.25) is 5.91 Å². The minimum absolute atomic E-state index is 0.133. The van der Waals surface area contributed by atoms with E-state index < -0.39 is 23.4 Å². The van der Waals surface area contributed by atoms with Gasteiger partial charge in [-0.25, -0.2) is 0 Å². The summed E-state index contributed by atoms with van der Waals surface area (Å²) in [5.41, 5.74) is -1.46. The van der Waals surface area contributed by atoms with Gasteiger partial charge in [-0.3, -0.25) is 14.4 Å². The lowest BCUT2D eigenvalue weighted by atomic mass is 9.77. The number of amides is 1. The first-order chi connectivity index (χ1) is 7.96. The highest BCUT2D eigenvalue weighted by Gasteiger charge is 2.55. The first kappa shape index (κ1) is 13.5. The Hall–Kier alpha value is -1.59. The van der Waals surface area contributed by atoms with Gasteiger partial charge in [0.25, 0.3) is 0 Å². The molecule has 1 heterocycles. The molecule has 0 aromatic rings. The molecule has 0 aromatic heterocycles. The lowest BCUT2D eigenvalue weighted by Crippen LogP contribution is -2.63. The molecule has 6 nitrogen and oxygen atoms in total. The molecule has 6 heteroatoms. The quantitative estimate of drug-likeness (QED) is 0.418. The Morgan fingerprint density at radius 3 is 2.00 bits per heavy atom. The molecule has 1 aliphatic rings. The van der Waals surface area contributed by atoms with Gasteiger partial charge in [-0.2, -0.15) is 0 Å². The number of hydrogen-bond donors (Lipinski definition) is 1. The zero-order valence-electron chi connectivity index (χ0n) is 10.2. The van der Waals surface area contributed by atoms with Crippen LogP contribution in [-0.2, 0) is 23.9 Å². The first-order valence-corrected chi connectivity index (χ1v) is 5.60. The van der Waals surface area contributed by atoms with Gasteiger partial charge in [0.05, 0.1) is 19.3 Å². The summed E-state index contributed by atoms with van der Waals surface area (Å²) in [7, 11) is 0. The average molecular weight is 243 g/mol. The molecule has 1 N–H and O–H groups in total. The van der Waals surface area contributed by atoms with Crippen LogP contribution in [0.25, 0.3) is 0 Å². The summed E-state index contributed by atoms with van der Waals surface area (Å²) in [5.74, 6) is -1.51. The average Bonchev–Trinajstić information content (AvgIpc) is 2.24. The van der Waals surface area contributed by atoms with Crippen molar-refractivity contribution in [1.29, 1.82) is 0 Å². The van der Waals surface area contributed by atoms with Crippen LogP contribution in [0.3, 0.4) is 0 Å². The molecule has 1 aliphatic heterocycles. The van der Waals surface area contributed by atoms with E-state index in [0.717, 1.165) is 0 Å². The van der Waals surface area contributed by atoms with Gasteiger partial charge >= 0.3 is 11.9 Å². The molecule has 0 radical (unpaired) electrons. The number of nitrogens with one attached hydrogen (secondary N) is 1. The number of carbonyl (C=O) groups excluding carboxylic acids is 3. The standard InChI is InChI=1S/C11H17NO5/c1-4-16-9(14)11(3,10(15)17-5-2)7-6-8(13)12-7/h7H,4-6H2,1-3H3,(H,12,13). The van der Waals surface area contributed by atoms with Crippen LogP contribution in [-0.4, -0.2) is 37.1 Å². The lowest BCUT2D eigenvalue weighted by Gasteiger charge is -2.38. The fourth-order valence-corrected chi connectivity index (χ4v) is 1.64. The SMILES string of the molecule is CCOC(=O)C(C)(C(=O)OCC)C1CC(=O)N1. The Bertz CT molecular complexity index is 313. The zero-order valence-corrected chi connectivity index (χ0v) is 10.2. The molecule has 1 unspecified atom stereocenters. The maximum atomic E-state index is 11.8. The number of esters is 2. The van der Waals surface area contributed by atoms with Crippen LogP contribution in [0.2, 0.25) is 0 Å². The maximum absolute atomic E-state index is 11.8. The van der Waals surface area contributed by atoms with Gasteiger partial charge in [-0.15, -0.1) is 0 Å². The fourth-order valence-electron chi connectivity index (χ4n) is 1.64. The van der Waals surface area contributed by atoms with Crippen LogP contribution in [0.15, 0.2) is 0 Å². The summed E-state index contributed by atoms with van der Waals surface area (Å²) < 4.78 is 9.75. The van der Waals surface area contributed by atoms with Gasteiger partial charge in [0.1, 0.15) is 0 Å². The molecule has 96 valence electrons. The highest BCUT2D eigenvalue weighted by atomic mass is 16.6. The van der Waals surface area contributed by atoms with Crippen molar-refractivity contribution in [3.05, 3.63) is 0 Å². The van der Waals surface area contributed by atoms with Crippen molar-refractivity contribution in [2.75, 3.05) is 13.2 Å². The van der Waals surface area contributed by atoms with E-state index in [9.17, 15) is 14.4 Å². The predicted octanol–water partition coefficient (Wildman–Crippen LogP) is 0.00740. The molecular formula is C11H17NO5. The van der Waals surface area contributed by atoms with Crippen LogP contribution in [0.4, 0.5) is 0 Å². The summed E-state index contributed by atoms with van der Waals surface area (Å²) in [6, 6.07) is -0.548. The Labute approximate surface area is 99.6 Å². The van der Waals surface area contributed by atoms with Gasteiger partial charge in [0.15, 0.2) is 5.41 Å². The number of β-lactam (4-membered cyclic amide) rings is 1. The molecule has 0 saturated carbocycles. The van der Waals surface area contributed by atoms with E-state index in [1.54, 1.807) is 13.8 Å². The van der Waals surface area contributed by atoms with E-state index in [2.05, 4.69) is 5.32 Å². The molecule has 1 rings (SSSR count). The van der Waals surface area contributed by atoms with E-state index in [4.69, 9.17) is 9.47 Å². The van der Waals surface area contributed by atoms with Crippen LogP contribution in [0.5, 0.6) is 0 Å². The third-order valence-corrected chi connectivity index (χ3v) is 2.82. The Balaban J connectivity index is 2.87. The second-order valence-corrected chi connectivity index (χ2v) is 3.97. The number of ether oxygens (including phenoxy) is 2. The molecule has 1 fully saturated rings. The summed E-state index contributed by atoms with van der Waals surface area (Å²) in [5, 5.41) is 2.52. The molecule has 0 bridgehead atoms. The largest absolute Gasteiger partial charge is 0.465 e. The van der Waals surface area contributed by atoms with E-state index >= 15 is 0 Å². The fraction of sp³-hybridized carbons (Fsp3) is 0.727. The highest BCUT2D eigenvalue weighted by molar-refractivity contribution is 6.03. The van der Waals surface area contributed by atoms with Crippen molar-refractivity contribution < 1.29 is 23.9 Å². The third kappa shape index (κ3) is 2.40. The van der Waals surface area contributed by atoms with Crippen molar-refractivity contribution in [3.63, 3.8) is 0 Å². The molecule has 1 amide bonds. The number of carbonyl (C=O) groups is 3. The van der Waals surface area contributed by atoms with Crippen molar-refractivity contribution in [2.45, 2.75) is 33.2 Å². The number of rotatable bonds is 5. The molecule has 0 spiro atoms. The topological polar surface area (TPSA) is 81.7 Å². The zero-order chi connectivity index (χ0) is 13.1. The minimum atomic E-state index is -1.46. The summed E-state index contributed by atoms with van der Waals surface area (Å²) in [6.07, 6.45) is 0.133. The monoisotopic (exact) mass is 243 g/mol. The first-order valence-electron chi connectivity index (χ1n) is 5.60. The van der Waals surface area contributed by atoms with E-state index in [0.29, 0.717) is 0 Å². The van der Waals surface area contributed by atoms with E-state index in [1.165, 1.54) is 6.92 Å². The summed E-state index contributed by atoms with van der Waals surface area (Å²) in [4.78, 5) is 34.6. The normalized spacial score (nSPS) is 19.0. The maximum Gasteiger partial charge on any atom is 0.325 e. The predicted molar refractivity (Wildman–Crippen MR) is 57.9 cm³/mol.